The van der Waals surface area contributed by atoms with Crippen LogP contribution in [0.15, 0.2) is 48.7 Å². The molecule has 0 amide bonds. The van der Waals surface area contributed by atoms with E-state index in [2.05, 4.69) is 11.1 Å². The van der Waals surface area contributed by atoms with Gasteiger partial charge in [0.1, 0.15) is 0 Å². The Morgan fingerprint density at radius 1 is 1.00 bits per heavy atom. The number of halogens is 2. The van der Waals surface area contributed by atoms with E-state index in [1.54, 1.807) is 0 Å². The van der Waals surface area contributed by atoms with Gasteiger partial charge in [-0.15, -0.1) is 0 Å². The third-order valence-electron chi connectivity index (χ3n) is 4.30. The summed E-state index contributed by atoms with van der Waals surface area (Å²) in [6.07, 6.45) is 1.98. The van der Waals surface area contributed by atoms with Crippen LogP contribution in [0, 0.1) is 0 Å². The van der Waals surface area contributed by atoms with Crippen LogP contribution in [-0.4, -0.2) is 22.3 Å². The molecule has 4 aromatic rings. The lowest BCUT2D eigenvalue weighted by molar-refractivity contribution is 1.15. The molecule has 0 atom stereocenters. The molecule has 3 nitrogen and oxygen atoms in total. The van der Waals surface area contributed by atoms with Crippen molar-refractivity contribution in [3.8, 4) is 11.3 Å². The van der Waals surface area contributed by atoms with Gasteiger partial charge in [0, 0.05) is 56.1 Å². The molecule has 6 heteroatoms. The highest BCUT2D eigenvalue weighted by atomic mass is 35.5. The van der Waals surface area contributed by atoms with Gasteiger partial charge in [-0.3, -0.25) is 0 Å². The minimum absolute atomic E-state index is 0.674. The van der Waals surface area contributed by atoms with E-state index >= 15 is 0 Å². The number of hydrogen-bond acceptors (Lipinski definition) is 3. The van der Waals surface area contributed by atoms with Gasteiger partial charge in [0.25, 0.3) is 0 Å². The number of nitrogens with one attached hydrogen (secondary N) is 1. The highest BCUT2D eigenvalue weighted by Gasteiger charge is 2.12. The molecule has 0 radical (unpaired) electrons. The smallest absolute Gasteiger partial charge is 0.0734 e. The first-order valence-electron chi connectivity index (χ1n) is 8.30. The van der Waals surface area contributed by atoms with E-state index in [9.17, 15) is 0 Å². The maximum atomic E-state index is 6.21. The van der Waals surface area contributed by atoms with Gasteiger partial charge in [-0.1, -0.05) is 29.3 Å². The van der Waals surface area contributed by atoms with Crippen LogP contribution in [0.25, 0.3) is 33.1 Å². The van der Waals surface area contributed by atoms with E-state index < -0.39 is 0 Å². The summed E-state index contributed by atoms with van der Waals surface area (Å²) in [6.45, 7) is 0.674. The normalized spacial score (nSPS) is 11.5. The van der Waals surface area contributed by atoms with Crippen LogP contribution in [0.2, 0.25) is 10.0 Å². The Hall–Kier alpha value is -1.72. The Morgan fingerprint density at radius 3 is 2.65 bits per heavy atom. The predicted molar refractivity (Wildman–Crippen MR) is 114 cm³/mol. The van der Waals surface area contributed by atoms with E-state index in [4.69, 9.17) is 33.9 Å². The molecule has 0 aliphatic carbocycles. The van der Waals surface area contributed by atoms with Crippen LogP contribution in [0.3, 0.4) is 0 Å². The van der Waals surface area contributed by atoms with Crippen LogP contribution >= 0.6 is 35.0 Å². The minimum Gasteiger partial charge on any atom is -0.360 e. The van der Waals surface area contributed by atoms with Crippen LogP contribution < -0.4 is 5.73 Å². The zero-order chi connectivity index (χ0) is 18.1. The number of aromatic nitrogens is 2. The second-order valence-electron chi connectivity index (χ2n) is 6.06. The molecule has 2 aromatic carbocycles. The van der Waals surface area contributed by atoms with Gasteiger partial charge in [-0.05, 0) is 42.0 Å². The number of nitrogens with zero attached hydrogens (tertiary/aromatic N) is 1. The topological polar surface area (TPSA) is 54.7 Å². The molecular weight excluding hydrogens is 385 g/mol. The second-order valence-corrected chi connectivity index (χ2v) is 8.04. The Bertz CT molecular complexity index is 1090. The van der Waals surface area contributed by atoms with E-state index in [1.165, 1.54) is 5.56 Å². The van der Waals surface area contributed by atoms with Gasteiger partial charge in [-0.25, -0.2) is 4.98 Å². The molecule has 2 aromatic heterocycles. The summed E-state index contributed by atoms with van der Waals surface area (Å²) >= 11 is 14.2. The quantitative estimate of drug-likeness (QED) is 0.410. The Labute approximate surface area is 165 Å². The molecular formula is C20H17Cl2N3S. The molecule has 4 rings (SSSR count). The lowest BCUT2D eigenvalue weighted by Gasteiger charge is -2.10. The number of pyridine rings is 1. The molecule has 0 bridgehead atoms. The molecule has 0 unspecified atom stereocenters. The van der Waals surface area contributed by atoms with E-state index in [-0.39, 0.29) is 0 Å². The summed E-state index contributed by atoms with van der Waals surface area (Å²) < 4.78 is 0. The maximum absolute atomic E-state index is 6.21. The SMILES string of the molecule is NCCSCc1cc(-c2c[nH]c3ccc(Cl)cc23)nc2cc(Cl)ccc12. The summed E-state index contributed by atoms with van der Waals surface area (Å²) in [4.78, 5) is 8.16. The number of fused-ring (bicyclic) bond motifs is 2. The van der Waals surface area contributed by atoms with Crippen molar-refractivity contribution in [2.75, 3.05) is 12.3 Å². The molecule has 132 valence electrons. The van der Waals surface area contributed by atoms with Crippen molar-refractivity contribution in [3.63, 3.8) is 0 Å². The van der Waals surface area contributed by atoms with Gasteiger partial charge in [-0.2, -0.15) is 11.8 Å². The summed E-state index contributed by atoms with van der Waals surface area (Å²) in [5.41, 5.74) is 10.8. The van der Waals surface area contributed by atoms with Crippen molar-refractivity contribution in [1.82, 2.24) is 9.97 Å². The average Bonchev–Trinajstić information content (AvgIpc) is 3.04. The third kappa shape index (κ3) is 3.42. The van der Waals surface area contributed by atoms with Gasteiger partial charge in [0.05, 0.1) is 11.2 Å². The van der Waals surface area contributed by atoms with Crippen molar-refractivity contribution >= 4 is 56.8 Å². The first-order valence-corrected chi connectivity index (χ1v) is 10.2. The minimum atomic E-state index is 0.674. The lowest BCUT2D eigenvalue weighted by atomic mass is 10.0. The zero-order valence-electron chi connectivity index (χ0n) is 13.9. The van der Waals surface area contributed by atoms with Crippen molar-refractivity contribution in [3.05, 3.63) is 64.3 Å². The summed E-state index contributed by atoms with van der Waals surface area (Å²) in [5, 5.41) is 3.58. The molecule has 3 N–H and O–H groups in total. The van der Waals surface area contributed by atoms with Gasteiger partial charge in [0.15, 0.2) is 0 Å². The fraction of sp³-hybridized carbons (Fsp3) is 0.150. The number of rotatable bonds is 5. The summed E-state index contributed by atoms with van der Waals surface area (Å²) in [7, 11) is 0. The van der Waals surface area contributed by atoms with Crippen molar-refractivity contribution in [2.45, 2.75) is 5.75 Å². The van der Waals surface area contributed by atoms with Crippen molar-refractivity contribution in [2.24, 2.45) is 5.73 Å². The van der Waals surface area contributed by atoms with Crippen molar-refractivity contribution < 1.29 is 0 Å². The molecule has 0 aliphatic rings. The summed E-state index contributed by atoms with van der Waals surface area (Å²) in [5.74, 6) is 1.81. The Morgan fingerprint density at radius 2 is 1.81 bits per heavy atom. The lowest BCUT2D eigenvalue weighted by Crippen LogP contribution is -2.01. The third-order valence-corrected chi connectivity index (χ3v) is 5.81. The largest absolute Gasteiger partial charge is 0.360 e. The van der Waals surface area contributed by atoms with E-state index in [1.807, 2.05) is 54.4 Å². The highest BCUT2D eigenvalue weighted by molar-refractivity contribution is 7.98. The van der Waals surface area contributed by atoms with Gasteiger partial charge < -0.3 is 10.7 Å². The number of benzene rings is 2. The van der Waals surface area contributed by atoms with Gasteiger partial charge >= 0.3 is 0 Å². The van der Waals surface area contributed by atoms with Crippen LogP contribution in [0.4, 0.5) is 0 Å². The molecule has 0 fully saturated rings. The molecule has 2 heterocycles. The molecule has 0 spiro atoms. The molecule has 0 aliphatic heterocycles. The molecule has 0 saturated heterocycles. The van der Waals surface area contributed by atoms with E-state index in [0.717, 1.165) is 44.6 Å². The monoisotopic (exact) mass is 401 g/mol. The van der Waals surface area contributed by atoms with E-state index in [0.29, 0.717) is 16.6 Å². The van der Waals surface area contributed by atoms with Crippen LogP contribution in [0.1, 0.15) is 5.56 Å². The first-order chi connectivity index (χ1) is 12.7. The zero-order valence-corrected chi connectivity index (χ0v) is 16.3. The second kappa shape index (κ2) is 7.49. The molecule has 26 heavy (non-hydrogen) atoms. The fourth-order valence-corrected chi connectivity index (χ4v) is 4.21. The molecule has 0 saturated carbocycles. The standard InChI is InChI=1S/C20H17Cl2N3S/c21-13-2-4-18-16(8-13)17(10-24-18)19-7-12(11-26-6-5-23)15-3-1-14(22)9-20(15)25-19/h1-4,7-10,24H,5-6,11,23H2. The number of aromatic amines is 1. The highest BCUT2D eigenvalue weighted by Crippen LogP contribution is 2.33. The number of nitrogens with two attached hydrogens (primary N) is 1. The summed E-state index contributed by atoms with van der Waals surface area (Å²) in [6, 6.07) is 13.9. The van der Waals surface area contributed by atoms with Crippen LogP contribution in [0.5, 0.6) is 0 Å². The fourth-order valence-electron chi connectivity index (χ4n) is 3.10. The Balaban J connectivity index is 1.89. The average molecular weight is 402 g/mol. The van der Waals surface area contributed by atoms with Crippen molar-refractivity contribution in [1.29, 1.82) is 0 Å². The maximum Gasteiger partial charge on any atom is 0.0734 e. The number of hydrogen-bond donors (Lipinski definition) is 2. The number of thioether (sulfide) groups is 1. The van der Waals surface area contributed by atoms with Crippen LogP contribution in [-0.2, 0) is 5.75 Å². The Kier molecular flexibility index (Phi) is 5.09. The number of H-pyrrole nitrogens is 1. The first kappa shape index (κ1) is 17.7. The predicted octanol–water partition coefficient (Wildman–Crippen LogP) is 5.88. The van der Waals surface area contributed by atoms with Gasteiger partial charge in [0.2, 0.25) is 0 Å².